The van der Waals surface area contributed by atoms with Crippen LogP contribution in [0.5, 0.6) is 0 Å². The number of aryl methyl sites for hydroxylation is 1. The van der Waals surface area contributed by atoms with Crippen molar-refractivity contribution < 1.29 is 24.9 Å². The summed E-state index contributed by atoms with van der Waals surface area (Å²) in [4.78, 5) is 19.5. The third kappa shape index (κ3) is 7.28. The minimum atomic E-state index is -0.929. The predicted molar refractivity (Wildman–Crippen MR) is 186 cm³/mol. The van der Waals surface area contributed by atoms with Gasteiger partial charge in [0.25, 0.3) is 0 Å². The van der Waals surface area contributed by atoms with Gasteiger partial charge in [-0.3, -0.25) is 4.79 Å². The number of carbonyl (C=O) groups is 1. The van der Waals surface area contributed by atoms with Crippen LogP contribution in [-0.2, 0) is 21.4 Å². The zero-order valence-corrected chi connectivity index (χ0v) is 29.8. The fourth-order valence-electron chi connectivity index (χ4n) is 8.91. The fourth-order valence-corrected chi connectivity index (χ4v) is 10.2. The van der Waals surface area contributed by atoms with Crippen LogP contribution in [0.3, 0.4) is 0 Å². The fraction of sp³-hybridized carbons (Fsp3) is 0.744. The molecule has 0 amide bonds. The molecule has 6 nitrogen and oxygen atoms in total. The van der Waals surface area contributed by atoms with Crippen molar-refractivity contribution in [2.24, 2.45) is 28.6 Å². The normalized spacial score (nSPS) is 32.4. The van der Waals surface area contributed by atoms with Crippen molar-refractivity contribution >= 4 is 17.3 Å². The Labute approximate surface area is 281 Å². The quantitative estimate of drug-likeness (QED) is 0.187. The maximum atomic E-state index is 13.3. The van der Waals surface area contributed by atoms with Gasteiger partial charge in [0.05, 0.1) is 29.6 Å². The lowest BCUT2D eigenvalue weighted by atomic mass is 9.60. The summed E-state index contributed by atoms with van der Waals surface area (Å²) in [5, 5.41) is 31.6. The maximum Gasteiger partial charge on any atom is 0.314 e. The summed E-state index contributed by atoms with van der Waals surface area (Å²) in [5.74, 6) is 1.33. The molecule has 4 aliphatic carbocycles. The van der Waals surface area contributed by atoms with Crippen LogP contribution in [0.25, 0.3) is 0 Å². The average Bonchev–Trinajstić information content (AvgIpc) is 3.54. The van der Waals surface area contributed by atoms with Crippen LogP contribution in [0.1, 0.15) is 128 Å². The summed E-state index contributed by atoms with van der Waals surface area (Å²) in [6, 6.07) is 0. The van der Waals surface area contributed by atoms with Crippen LogP contribution in [-0.4, -0.2) is 51.2 Å². The van der Waals surface area contributed by atoms with Crippen molar-refractivity contribution in [3.05, 3.63) is 51.5 Å². The Morgan fingerprint density at radius 1 is 1.22 bits per heavy atom. The van der Waals surface area contributed by atoms with Crippen LogP contribution in [0, 0.1) is 28.6 Å². The Morgan fingerprint density at radius 3 is 2.67 bits per heavy atom. The second-order valence-corrected chi connectivity index (χ2v) is 17.2. The largest absolute Gasteiger partial charge is 0.461 e. The highest BCUT2D eigenvalue weighted by Gasteiger charge is 2.56. The Balaban J connectivity index is 1.30. The number of hydrogen-bond acceptors (Lipinski definition) is 7. The molecule has 4 aliphatic rings. The minimum Gasteiger partial charge on any atom is -0.461 e. The summed E-state index contributed by atoms with van der Waals surface area (Å²) in [7, 11) is 0. The van der Waals surface area contributed by atoms with Gasteiger partial charge in [-0.05, 0) is 125 Å². The number of allylic oxidation sites excluding steroid dienone is 3. The Kier molecular flexibility index (Phi) is 11.1. The van der Waals surface area contributed by atoms with Gasteiger partial charge in [-0.15, -0.1) is 11.3 Å². The van der Waals surface area contributed by atoms with Crippen LogP contribution in [0.2, 0.25) is 0 Å². The number of aliphatic hydroxyl groups is 3. The van der Waals surface area contributed by atoms with Crippen molar-refractivity contribution in [3.63, 3.8) is 0 Å². The second-order valence-electron chi connectivity index (χ2n) is 16.0. The van der Waals surface area contributed by atoms with Crippen molar-refractivity contribution in [1.82, 2.24) is 4.98 Å². The zero-order chi connectivity index (χ0) is 33.3. The number of aromatic nitrogens is 1. The van der Waals surface area contributed by atoms with Gasteiger partial charge in [-0.2, -0.15) is 0 Å². The van der Waals surface area contributed by atoms with Crippen molar-refractivity contribution in [1.29, 1.82) is 0 Å². The van der Waals surface area contributed by atoms with Gasteiger partial charge < -0.3 is 20.1 Å². The molecule has 4 fully saturated rings. The molecule has 0 radical (unpaired) electrons. The number of ether oxygens (including phenoxy) is 1. The van der Waals surface area contributed by atoms with E-state index in [1.54, 1.807) is 25.2 Å². The van der Waals surface area contributed by atoms with Crippen LogP contribution < -0.4 is 0 Å². The molecule has 0 aliphatic heterocycles. The standard InChI is InChI=1S/C39H59NO5S/c1-7-8-11-30-23-40-35(46-30)39(19-20-39)34(45-36(44)37(4,5)24-41)17-12-25(2)31-15-16-32-27(10-9-18-38(31,32)6)13-14-28-21-29(42)22-33(43)26(28)3/h13-14,23,25,29,31-34,41-43H,3,7-12,15-22,24H2,1-2,4-6H3/t25-,29-,31-,32+,33+,34-,38-/m1/s1. The number of unbranched alkanes of at least 4 members (excludes halogenated alkanes) is 1. The van der Waals surface area contributed by atoms with E-state index in [0.29, 0.717) is 30.6 Å². The van der Waals surface area contributed by atoms with E-state index in [1.807, 2.05) is 6.20 Å². The smallest absolute Gasteiger partial charge is 0.314 e. The van der Waals surface area contributed by atoms with E-state index in [2.05, 4.69) is 39.5 Å². The summed E-state index contributed by atoms with van der Waals surface area (Å²) < 4.78 is 6.36. The monoisotopic (exact) mass is 653 g/mol. The number of rotatable bonds is 13. The van der Waals surface area contributed by atoms with Gasteiger partial charge in [0, 0.05) is 17.5 Å². The summed E-state index contributed by atoms with van der Waals surface area (Å²) >= 11 is 1.80. The van der Waals surface area contributed by atoms with Crippen LogP contribution >= 0.6 is 11.3 Å². The molecule has 3 N–H and O–H groups in total. The molecule has 4 saturated carbocycles. The molecule has 0 saturated heterocycles. The molecular formula is C39H59NO5S. The Hall–Kier alpha value is -1.80. The van der Waals surface area contributed by atoms with E-state index in [9.17, 15) is 20.1 Å². The minimum absolute atomic E-state index is 0.198. The summed E-state index contributed by atoms with van der Waals surface area (Å²) in [6.45, 7) is 14.5. The zero-order valence-electron chi connectivity index (χ0n) is 29.0. The highest BCUT2D eigenvalue weighted by molar-refractivity contribution is 7.11. The number of thiazole rings is 1. The third-order valence-electron chi connectivity index (χ3n) is 12.2. The molecule has 0 spiro atoms. The molecule has 7 heteroatoms. The molecule has 5 rings (SSSR count). The van der Waals surface area contributed by atoms with Crippen molar-refractivity contribution in [3.8, 4) is 0 Å². The number of aliphatic hydroxyl groups excluding tert-OH is 3. The number of hydrogen-bond donors (Lipinski definition) is 3. The lowest BCUT2D eigenvalue weighted by Crippen LogP contribution is -2.39. The highest BCUT2D eigenvalue weighted by Crippen LogP contribution is 2.61. The first-order valence-corrected chi connectivity index (χ1v) is 18.9. The van der Waals surface area contributed by atoms with E-state index in [0.717, 1.165) is 67.5 Å². The average molecular weight is 654 g/mol. The van der Waals surface area contributed by atoms with Gasteiger partial charge in [0.15, 0.2) is 0 Å². The van der Waals surface area contributed by atoms with E-state index >= 15 is 0 Å². The van der Waals surface area contributed by atoms with Gasteiger partial charge in [-0.25, -0.2) is 4.98 Å². The summed E-state index contributed by atoms with van der Waals surface area (Å²) in [5.41, 5.74) is 2.34. The van der Waals surface area contributed by atoms with Crippen molar-refractivity contribution in [2.45, 2.75) is 148 Å². The lowest BCUT2D eigenvalue weighted by molar-refractivity contribution is -0.164. The number of carbonyl (C=O) groups excluding carboxylic acids is 1. The van der Waals surface area contributed by atoms with Crippen LogP contribution in [0.15, 0.2) is 41.6 Å². The lowest BCUT2D eigenvalue weighted by Gasteiger charge is -2.44. The third-order valence-corrected chi connectivity index (χ3v) is 13.5. The SMILES string of the molecule is C=C1C(=CC=C2CCC[C@]3(C)[C@@H]([C@H](C)CC[C@@H](OC(=O)C(C)(C)CO)C4(c5ncc(CCCC)s5)CC4)CC[C@@H]23)C[C@@H](O)C[C@@H]1O. The van der Waals surface area contributed by atoms with E-state index in [-0.39, 0.29) is 29.5 Å². The first kappa shape index (κ1) is 35.5. The Morgan fingerprint density at radius 2 is 1.98 bits per heavy atom. The molecule has 0 bridgehead atoms. The van der Waals surface area contributed by atoms with E-state index in [4.69, 9.17) is 9.72 Å². The van der Waals surface area contributed by atoms with Gasteiger partial charge in [-0.1, -0.05) is 51.5 Å². The van der Waals surface area contributed by atoms with E-state index < -0.39 is 17.6 Å². The molecule has 256 valence electrons. The molecule has 46 heavy (non-hydrogen) atoms. The maximum absolute atomic E-state index is 13.3. The van der Waals surface area contributed by atoms with Crippen LogP contribution in [0.4, 0.5) is 0 Å². The highest BCUT2D eigenvalue weighted by atomic mass is 32.1. The van der Waals surface area contributed by atoms with Gasteiger partial charge in [0.1, 0.15) is 11.1 Å². The molecule has 1 aromatic rings. The molecule has 0 aromatic carbocycles. The molecule has 7 atom stereocenters. The van der Waals surface area contributed by atoms with Gasteiger partial charge >= 0.3 is 5.97 Å². The number of nitrogens with zero attached hydrogens (tertiary/aromatic N) is 1. The Bertz CT molecular complexity index is 1310. The molecule has 1 heterocycles. The second kappa shape index (κ2) is 14.4. The molecule has 0 unspecified atom stereocenters. The van der Waals surface area contributed by atoms with E-state index in [1.165, 1.54) is 36.1 Å². The molecular weight excluding hydrogens is 594 g/mol. The first-order chi connectivity index (χ1) is 21.8. The number of esters is 1. The predicted octanol–water partition coefficient (Wildman–Crippen LogP) is 8.00. The topological polar surface area (TPSA) is 99.9 Å². The molecule has 1 aromatic heterocycles. The van der Waals surface area contributed by atoms with Gasteiger partial charge in [0.2, 0.25) is 0 Å². The number of fused-ring (bicyclic) bond motifs is 1. The first-order valence-electron chi connectivity index (χ1n) is 18.1. The van der Waals surface area contributed by atoms with Crippen molar-refractivity contribution in [2.75, 3.05) is 6.61 Å². The summed E-state index contributed by atoms with van der Waals surface area (Å²) in [6.07, 6.45) is 19.1.